The Balaban J connectivity index is 1.76. The van der Waals surface area contributed by atoms with Gasteiger partial charge in [-0.05, 0) is 75.6 Å². The molecular formula is C26H31N3O4. The lowest BCUT2D eigenvalue weighted by Gasteiger charge is -2.44. The number of aryl methyl sites for hydroxylation is 1. The van der Waals surface area contributed by atoms with Crippen LogP contribution in [0.25, 0.3) is 11.5 Å². The fraction of sp³-hybridized carbons (Fsp3) is 0.385. The summed E-state index contributed by atoms with van der Waals surface area (Å²) in [4.78, 5) is 29.2. The van der Waals surface area contributed by atoms with Crippen molar-refractivity contribution in [3.8, 4) is 11.5 Å². The van der Waals surface area contributed by atoms with Gasteiger partial charge in [0.1, 0.15) is 17.0 Å². The second kappa shape index (κ2) is 9.27. The van der Waals surface area contributed by atoms with Crippen molar-refractivity contribution in [2.24, 2.45) is 0 Å². The third kappa shape index (κ3) is 4.09. The Morgan fingerprint density at radius 3 is 2.67 bits per heavy atom. The van der Waals surface area contributed by atoms with Gasteiger partial charge in [-0.25, -0.2) is 0 Å². The standard InChI is InChI=1S/C26H31N3O4/c1-5-32-15-8-14-27-25(31)26(4)17-28-21(23-11-7-16-33-23)12-13-22(28)24(30)29(26)20-10-6-9-18(2)19(20)3/h6-7,9-13,16H,5,8,14-15,17H2,1-4H3,(H,27,31)/t26-/m1/s1. The molecule has 2 aromatic heterocycles. The van der Waals surface area contributed by atoms with Gasteiger partial charge in [-0.1, -0.05) is 12.1 Å². The normalized spacial score (nSPS) is 17.8. The van der Waals surface area contributed by atoms with Crippen molar-refractivity contribution in [3.05, 3.63) is 65.5 Å². The highest BCUT2D eigenvalue weighted by molar-refractivity contribution is 6.12. The number of benzene rings is 1. The Morgan fingerprint density at radius 2 is 1.94 bits per heavy atom. The number of fused-ring (bicyclic) bond motifs is 1. The molecule has 3 heterocycles. The van der Waals surface area contributed by atoms with Crippen LogP contribution in [-0.4, -0.2) is 41.7 Å². The third-order valence-electron chi connectivity index (χ3n) is 6.40. The molecule has 1 aliphatic rings. The van der Waals surface area contributed by atoms with Gasteiger partial charge in [0.2, 0.25) is 5.91 Å². The molecule has 2 amide bonds. The van der Waals surface area contributed by atoms with Crippen molar-refractivity contribution >= 4 is 17.5 Å². The number of hydrogen-bond donors (Lipinski definition) is 1. The van der Waals surface area contributed by atoms with Crippen molar-refractivity contribution in [3.63, 3.8) is 0 Å². The molecule has 3 aromatic rings. The van der Waals surface area contributed by atoms with Crippen molar-refractivity contribution in [1.82, 2.24) is 9.88 Å². The minimum atomic E-state index is -1.13. The van der Waals surface area contributed by atoms with Crippen LogP contribution < -0.4 is 10.2 Å². The summed E-state index contributed by atoms with van der Waals surface area (Å²) in [5.41, 5.74) is 2.97. The first-order valence-corrected chi connectivity index (χ1v) is 11.4. The van der Waals surface area contributed by atoms with E-state index in [1.54, 1.807) is 17.2 Å². The fourth-order valence-electron chi connectivity index (χ4n) is 4.42. The number of aromatic nitrogens is 1. The zero-order valence-electron chi connectivity index (χ0n) is 19.7. The minimum absolute atomic E-state index is 0.196. The van der Waals surface area contributed by atoms with Crippen LogP contribution in [-0.2, 0) is 16.1 Å². The highest BCUT2D eigenvalue weighted by Crippen LogP contribution is 2.38. The zero-order chi connectivity index (χ0) is 23.6. The number of hydrogen-bond acceptors (Lipinski definition) is 4. The molecule has 0 bridgehead atoms. The first-order valence-electron chi connectivity index (χ1n) is 11.4. The van der Waals surface area contributed by atoms with Crippen LogP contribution in [0.15, 0.2) is 53.1 Å². The van der Waals surface area contributed by atoms with Crippen LogP contribution in [0.5, 0.6) is 0 Å². The molecule has 0 spiro atoms. The number of anilines is 1. The van der Waals surface area contributed by atoms with E-state index in [2.05, 4.69) is 5.32 Å². The fourth-order valence-corrected chi connectivity index (χ4v) is 4.42. The molecule has 174 valence electrons. The molecule has 0 saturated heterocycles. The van der Waals surface area contributed by atoms with Gasteiger partial charge in [0.25, 0.3) is 5.91 Å². The van der Waals surface area contributed by atoms with Gasteiger partial charge < -0.3 is 19.0 Å². The maximum absolute atomic E-state index is 13.9. The average Bonchev–Trinajstić information content (AvgIpc) is 3.46. The molecule has 1 aromatic carbocycles. The molecule has 33 heavy (non-hydrogen) atoms. The molecule has 0 unspecified atom stereocenters. The molecule has 0 saturated carbocycles. The Labute approximate surface area is 194 Å². The van der Waals surface area contributed by atoms with Crippen molar-refractivity contribution in [2.75, 3.05) is 24.7 Å². The number of carbonyl (C=O) groups is 2. The SMILES string of the molecule is CCOCCCNC(=O)[C@@]1(C)Cn2c(ccc2-c2ccco2)C(=O)N1c1cccc(C)c1C. The summed E-state index contributed by atoms with van der Waals surface area (Å²) in [6.45, 7) is 9.79. The molecule has 7 nitrogen and oxygen atoms in total. The maximum atomic E-state index is 13.9. The monoisotopic (exact) mass is 449 g/mol. The summed E-state index contributed by atoms with van der Waals surface area (Å²) < 4.78 is 12.9. The summed E-state index contributed by atoms with van der Waals surface area (Å²) >= 11 is 0. The van der Waals surface area contributed by atoms with E-state index in [1.165, 1.54) is 0 Å². The van der Waals surface area contributed by atoms with Crippen LogP contribution in [0.4, 0.5) is 5.69 Å². The van der Waals surface area contributed by atoms with Crippen LogP contribution in [0.3, 0.4) is 0 Å². The van der Waals surface area contributed by atoms with Gasteiger partial charge in [0.05, 0.1) is 18.5 Å². The lowest BCUT2D eigenvalue weighted by Crippen LogP contribution is -2.64. The van der Waals surface area contributed by atoms with Crippen molar-refractivity contribution < 1.29 is 18.7 Å². The van der Waals surface area contributed by atoms with E-state index >= 15 is 0 Å². The van der Waals surface area contributed by atoms with E-state index in [0.29, 0.717) is 44.2 Å². The molecular weight excluding hydrogens is 418 g/mol. The topological polar surface area (TPSA) is 76.7 Å². The highest BCUT2D eigenvalue weighted by Gasteiger charge is 2.49. The predicted molar refractivity (Wildman–Crippen MR) is 127 cm³/mol. The van der Waals surface area contributed by atoms with Crippen molar-refractivity contribution in [2.45, 2.75) is 46.2 Å². The molecule has 4 rings (SSSR count). The highest BCUT2D eigenvalue weighted by atomic mass is 16.5. The van der Waals surface area contributed by atoms with Gasteiger partial charge in [0.15, 0.2) is 0 Å². The van der Waals surface area contributed by atoms with E-state index in [0.717, 1.165) is 22.5 Å². The second-order valence-electron chi connectivity index (χ2n) is 8.61. The quantitative estimate of drug-likeness (QED) is 0.520. The molecule has 7 heteroatoms. The van der Waals surface area contributed by atoms with Gasteiger partial charge in [-0.3, -0.25) is 14.5 Å². The van der Waals surface area contributed by atoms with E-state index in [-0.39, 0.29) is 11.8 Å². The van der Waals surface area contributed by atoms with E-state index in [1.807, 2.05) is 68.7 Å². The minimum Gasteiger partial charge on any atom is -0.463 e. The van der Waals surface area contributed by atoms with Crippen LogP contribution in [0.2, 0.25) is 0 Å². The number of nitrogens with zero attached hydrogens (tertiary/aromatic N) is 2. The van der Waals surface area contributed by atoms with Gasteiger partial charge in [-0.2, -0.15) is 0 Å². The smallest absolute Gasteiger partial charge is 0.275 e. The first kappa shape index (κ1) is 22.9. The first-order chi connectivity index (χ1) is 15.9. The number of nitrogens with one attached hydrogen (secondary N) is 1. The summed E-state index contributed by atoms with van der Waals surface area (Å²) in [7, 11) is 0. The molecule has 0 radical (unpaired) electrons. The number of furan rings is 1. The Hall–Kier alpha value is -3.32. The number of ether oxygens (including phenoxy) is 1. The van der Waals surface area contributed by atoms with Crippen LogP contribution in [0.1, 0.15) is 41.9 Å². The molecule has 0 aliphatic carbocycles. The van der Waals surface area contributed by atoms with Gasteiger partial charge >= 0.3 is 0 Å². The summed E-state index contributed by atoms with van der Waals surface area (Å²) in [6, 6.07) is 13.2. The lowest BCUT2D eigenvalue weighted by molar-refractivity contribution is -0.126. The van der Waals surface area contributed by atoms with Crippen LogP contribution in [0, 0.1) is 13.8 Å². The largest absolute Gasteiger partial charge is 0.463 e. The lowest BCUT2D eigenvalue weighted by atomic mass is 9.92. The number of carbonyl (C=O) groups excluding carboxylic acids is 2. The van der Waals surface area contributed by atoms with E-state index in [4.69, 9.17) is 9.15 Å². The average molecular weight is 450 g/mol. The molecule has 1 aliphatic heterocycles. The molecule has 1 atom stereocenters. The van der Waals surface area contributed by atoms with E-state index in [9.17, 15) is 9.59 Å². The molecule has 0 fully saturated rings. The Bertz CT molecular complexity index is 1150. The van der Waals surface area contributed by atoms with Gasteiger partial charge in [-0.15, -0.1) is 0 Å². The predicted octanol–water partition coefficient (Wildman–Crippen LogP) is 4.33. The summed E-state index contributed by atoms with van der Waals surface area (Å²) in [6.07, 6.45) is 2.31. The van der Waals surface area contributed by atoms with Crippen LogP contribution >= 0.6 is 0 Å². The van der Waals surface area contributed by atoms with Crippen molar-refractivity contribution in [1.29, 1.82) is 0 Å². The number of rotatable bonds is 8. The second-order valence-corrected chi connectivity index (χ2v) is 8.61. The van der Waals surface area contributed by atoms with E-state index < -0.39 is 5.54 Å². The summed E-state index contributed by atoms with van der Waals surface area (Å²) in [5, 5.41) is 3.03. The maximum Gasteiger partial charge on any atom is 0.275 e. The zero-order valence-corrected chi connectivity index (χ0v) is 19.7. The Morgan fingerprint density at radius 1 is 1.15 bits per heavy atom. The van der Waals surface area contributed by atoms with Gasteiger partial charge in [0, 0.05) is 25.4 Å². The Kier molecular flexibility index (Phi) is 6.42. The third-order valence-corrected chi connectivity index (χ3v) is 6.40. The molecule has 1 N–H and O–H groups in total. The summed E-state index contributed by atoms with van der Waals surface area (Å²) in [5.74, 6) is 0.256. The number of amides is 2.